The van der Waals surface area contributed by atoms with Gasteiger partial charge in [0.2, 0.25) is 0 Å². The minimum Gasteiger partial charge on any atom is -0.204 e. The highest BCUT2D eigenvalue weighted by Gasteiger charge is 2.54. The Hall–Kier alpha value is -1.32. The Labute approximate surface area is 165 Å². The zero-order valence-corrected chi connectivity index (χ0v) is 16.4. The summed E-state index contributed by atoms with van der Waals surface area (Å²) in [6, 6.07) is 2.32. The number of hydrogen-bond donors (Lipinski definition) is 0. The fourth-order valence-electron chi connectivity index (χ4n) is 6.28. The van der Waals surface area contributed by atoms with Crippen molar-refractivity contribution in [2.24, 2.45) is 29.6 Å². The Balaban J connectivity index is 1.37. The van der Waals surface area contributed by atoms with Gasteiger partial charge in [-0.15, -0.1) is 6.58 Å². The number of fused-ring (bicyclic) bond motifs is 1. The van der Waals surface area contributed by atoms with Crippen LogP contribution in [0.5, 0.6) is 0 Å². The molecule has 154 valence electrons. The molecule has 4 heteroatoms. The molecule has 0 radical (unpaired) electrons. The second-order valence-corrected chi connectivity index (χ2v) is 9.31. The Morgan fingerprint density at radius 1 is 0.893 bits per heavy atom. The van der Waals surface area contributed by atoms with Crippen molar-refractivity contribution in [2.75, 3.05) is 0 Å². The molecule has 0 saturated heterocycles. The van der Waals surface area contributed by atoms with Gasteiger partial charge in [0, 0.05) is 5.92 Å². The van der Waals surface area contributed by atoms with Crippen LogP contribution in [-0.2, 0) is 12.3 Å². The van der Waals surface area contributed by atoms with E-state index in [4.69, 9.17) is 0 Å². The molecule has 0 spiro atoms. The number of benzene rings is 1. The summed E-state index contributed by atoms with van der Waals surface area (Å²) in [5.74, 6) is -4.62. The third-order valence-electron chi connectivity index (χ3n) is 7.86. The first-order valence-corrected chi connectivity index (χ1v) is 10.9. The van der Waals surface area contributed by atoms with Gasteiger partial charge in [-0.05, 0) is 99.5 Å². The van der Waals surface area contributed by atoms with Gasteiger partial charge < -0.3 is 0 Å². The van der Waals surface area contributed by atoms with Crippen molar-refractivity contribution >= 4 is 0 Å². The van der Waals surface area contributed by atoms with Crippen LogP contribution in [0.15, 0.2) is 24.8 Å². The van der Waals surface area contributed by atoms with Gasteiger partial charge in [-0.2, -0.15) is 0 Å². The number of allylic oxidation sites excluding steroid dienone is 1. The van der Waals surface area contributed by atoms with E-state index in [0.717, 1.165) is 50.0 Å². The summed E-state index contributed by atoms with van der Waals surface area (Å²) in [5, 5.41) is 0. The van der Waals surface area contributed by atoms with E-state index in [2.05, 4.69) is 6.58 Å². The van der Waals surface area contributed by atoms with Crippen molar-refractivity contribution < 1.29 is 17.6 Å². The molecule has 1 aromatic rings. The second kappa shape index (κ2) is 7.84. The molecule has 2 fully saturated rings. The molecular weight excluding hydrogens is 364 g/mol. The summed E-state index contributed by atoms with van der Waals surface area (Å²) in [6.45, 7) is 3.84. The Bertz CT molecular complexity index is 710. The maximum absolute atomic E-state index is 15.0. The second-order valence-electron chi connectivity index (χ2n) is 9.31. The van der Waals surface area contributed by atoms with Gasteiger partial charge in [-0.3, -0.25) is 0 Å². The summed E-state index contributed by atoms with van der Waals surface area (Å²) < 4.78 is 57.5. The van der Waals surface area contributed by atoms with Crippen LogP contribution in [0.1, 0.15) is 68.9 Å². The van der Waals surface area contributed by atoms with E-state index < -0.39 is 29.0 Å². The number of rotatable bonds is 4. The molecule has 0 heterocycles. The van der Waals surface area contributed by atoms with Crippen molar-refractivity contribution in [2.45, 2.75) is 70.1 Å². The van der Waals surface area contributed by atoms with Gasteiger partial charge in [0.25, 0.3) is 5.92 Å². The zero-order valence-electron chi connectivity index (χ0n) is 16.4. The molecule has 0 bridgehead atoms. The highest BCUT2D eigenvalue weighted by atomic mass is 19.3. The van der Waals surface area contributed by atoms with E-state index in [-0.39, 0.29) is 17.9 Å². The quantitative estimate of drug-likeness (QED) is 0.368. The normalized spacial score (nSPS) is 34.8. The average molecular weight is 394 g/mol. The van der Waals surface area contributed by atoms with Crippen LogP contribution in [0.25, 0.3) is 0 Å². The highest BCUT2D eigenvalue weighted by molar-refractivity contribution is 5.39. The third-order valence-corrected chi connectivity index (χ3v) is 7.86. The number of halogens is 4. The molecule has 4 rings (SSSR count). The van der Waals surface area contributed by atoms with Crippen molar-refractivity contribution in [3.05, 3.63) is 47.5 Å². The lowest BCUT2D eigenvalue weighted by Gasteiger charge is -2.40. The van der Waals surface area contributed by atoms with E-state index in [9.17, 15) is 17.6 Å². The summed E-state index contributed by atoms with van der Waals surface area (Å²) >= 11 is 0. The summed E-state index contributed by atoms with van der Waals surface area (Å²) in [5.41, 5.74) is -0.392. The van der Waals surface area contributed by atoms with Gasteiger partial charge >= 0.3 is 0 Å². The Kier molecular flexibility index (Phi) is 5.59. The lowest BCUT2D eigenvalue weighted by atomic mass is 9.66. The predicted octanol–water partition coefficient (Wildman–Crippen LogP) is 7.42. The lowest BCUT2D eigenvalue weighted by Crippen LogP contribution is -2.33. The van der Waals surface area contributed by atoms with Crippen LogP contribution in [0.3, 0.4) is 0 Å². The molecule has 1 atom stereocenters. The van der Waals surface area contributed by atoms with Gasteiger partial charge in [-0.25, -0.2) is 17.6 Å². The maximum Gasteiger partial charge on any atom is 0.279 e. The van der Waals surface area contributed by atoms with E-state index in [0.29, 0.717) is 5.92 Å². The fraction of sp³-hybridized carbons (Fsp3) is 0.667. The SMILES string of the molecule is C=CCC1CCC(C2CCC(C3Cc4ccc(F)c(F)c4C3(F)F)CC2)CC1. The maximum atomic E-state index is 15.0. The number of alkyl halides is 2. The molecule has 0 N–H and O–H groups in total. The molecule has 28 heavy (non-hydrogen) atoms. The predicted molar refractivity (Wildman–Crippen MR) is 103 cm³/mol. The van der Waals surface area contributed by atoms with Gasteiger partial charge in [0.15, 0.2) is 11.6 Å². The van der Waals surface area contributed by atoms with Crippen LogP contribution in [0.2, 0.25) is 0 Å². The Morgan fingerprint density at radius 3 is 2.07 bits per heavy atom. The largest absolute Gasteiger partial charge is 0.279 e. The topological polar surface area (TPSA) is 0 Å². The lowest BCUT2D eigenvalue weighted by molar-refractivity contribution is -0.0856. The van der Waals surface area contributed by atoms with Crippen molar-refractivity contribution in [3.63, 3.8) is 0 Å². The highest BCUT2D eigenvalue weighted by Crippen LogP contribution is 2.54. The fourth-order valence-corrected chi connectivity index (χ4v) is 6.28. The number of hydrogen-bond acceptors (Lipinski definition) is 0. The first-order chi connectivity index (χ1) is 13.4. The molecule has 1 aromatic carbocycles. The standard InChI is InChI=1S/C24H30F4/c1-2-3-15-4-6-16(7-5-15)17-8-10-18(11-9-17)20-14-19-12-13-21(25)23(26)22(19)24(20,27)28/h2,12-13,15-18,20H,1,3-11,14H2. The van der Waals surface area contributed by atoms with Gasteiger partial charge in [-0.1, -0.05) is 12.1 Å². The summed E-state index contributed by atoms with van der Waals surface area (Å²) in [6.07, 6.45) is 11.9. The van der Waals surface area contributed by atoms with E-state index in [1.807, 2.05) is 6.08 Å². The minimum atomic E-state index is -3.26. The van der Waals surface area contributed by atoms with E-state index >= 15 is 0 Å². The van der Waals surface area contributed by atoms with Crippen LogP contribution in [0, 0.1) is 41.2 Å². The molecule has 3 aliphatic carbocycles. The van der Waals surface area contributed by atoms with E-state index in [1.54, 1.807) is 0 Å². The minimum absolute atomic E-state index is 0.0989. The van der Waals surface area contributed by atoms with Gasteiger partial charge in [0.1, 0.15) is 0 Å². The van der Waals surface area contributed by atoms with Crippen molar-refractivity contribution in [1.29, 1.82) is 0 Å². The molecule has 1 unspecified atom stereocenters. The van der Waals surface area contributed by atoms with Crippen molar-refractivity contribution in [3.8, 4) is 0 Å². The zero-order chi connectivity index (χ0) is 19.9. The van der Waals surface area contributed by atoms with Crippen LogP contribution >= 0.6 is 0 Å². The summed E-state index contributed by atoms with van der Waals surface area (Å²) in [7, 11) is 0. The molecule has 2 saturated carbocycles. The first-order valence-electron chi connectivity index (χ1n) is 10.9. The molecule has 0 amide bonds. The molecule has 0 aliphatic heterocycles. The van der Waals surface area contributed by atoms with E-state index in [1.165, 1.54) is 31.7 Å². The van der Waals surface area contributed by atoms with Crippen molar-refractivity contribution in [1.82, 2.24) is 0 Å². The van der Waals surface area contributed by atoms with Crippen LogP contribution in [0.4, 0.5) is 17.6 Å². The smallest absolute Gasteiger partial charge is 0.204 e. The third kappa shape index (κ3) is 3.52. The average Bonchev–Trinajstić information content (AvgIpc) is 2.97. The van der Waals surface area contributed by atoms with Crippen LogP contribution < -0.4 is 0 Å². The van der Waals surface area contributed by atoms with Crippen LogP contribution in [-0.4, -0.2) is 0 Å². The molecule has 3 aliphatic rings. The summed E-state index contributed by atoms with van der Waals surface area (Å²) in [4.78, 5) is 0. The Morgan fingerprint density at radius 2 is 1.46 bits per heavy atom. The monoisotopic (exact) mass is 394 g/mol. The molecular formula is C24H30F4. The first kappa shape index (κ1) is 20.0. The molecule has 0 nitrogen and oxygen atoms in total. The molecule has 0 aromatic heterocycles. The van der Waals surface area contributed by atoms with Gasteiger partial charge in [0.05, 0.1) is 5.56 Å².